The molecule has 1 aliphatic rings. The molecule has 226 valence electrons. The van der Waals surface area contributed by atoms with Crippen LogP contribution in [-0.2, 0) is 17.9 Å². The van der Waals surface area contributed by atoms with Crippen molar-refractivity contribution in [2.45, 2.75) is 31.8 Å². The number of nitrogens with zero attached hydrogens (tertiary/aromatic N) is 1. The fourth-order valence-electron chi connectivity index (χ4n) is 6.31. The highest BCUT2D eigenvalue weighted by Gasteiger charge is 2.32. The van der Waals surface area contributed by atoms with E-state index < -0.39 is 0 Å². The molecule has 45 heavy (non-hydrogen) atoms. The Kier molecular flexibility index (Phi) is 9.66. The lowest BCUT2D eigenvalue weighted by Crippen LogP contribution is -2.40. The Morgan fingerprint density at radius 3 is 1.96 bits per heavy atom. The first-order chi connectivity index (χ1) is 22.2. The van der Waals surface area contributed by atoms with E-state index in [1.54, 1.807) is 0 Å². The molecule has 1 fully saturated rings. The highest BCUT2D eigenvalue weighted by molar-refractivity contribution is 6.09. The summed E-state index contributed by atoms with van der Waals surface area (Å²) >= 11 is 0. The van der Waals surface area contributed by atoms with Crippen molar-refractivity contribution in [3.8, 4) is 0 Å². The van der Waals surface area contributed by atoms with Crippen LogP contribution >= 0.6 is 0 Å². The molecule has 1 atom stereocenters. The first kappa shape index (κ1) is 29.9. The minimum atomic E-state index is -0.166. The summed E-state index contributed by atoms with van der Waals surface area (Å²) in [5.41, 5.74) is 6.77. The van der Waals surface area contributed by atoms with Gasteiger partial charge in [-0.3, -0.25) is 9.59 Å². The molecular formula is C40H39N3O2. The van der Waals surface area contributed by atoms with Crippen LogP contribution in [0.25, 0.3) is 0 Å². The standard InChI is InChI=1S/C40H39N3O2/c44-39(33-16-8-3-9-17-33)37-19-11-10-18-34(37)29-41-35-20-22-36(23-21-35)43-26-24-32(25-27-43)38(31-14-6-2-7-15-31)40(45)42-28-30-12-4-1-5-13-30/h1-23,32,38,41H,24-29H2,(H,42,45). The van der Waals surface area contributed by atoms with E-state index in [2.05, 4.69) is 51.9 Å². The van der Waals surface area contributed by atoms with Crippen LogP contribution in [0.1, 0.15) is 51.4 Å². The predicted octanol–water partition coefficient (Wildman–Crippen LogP) is 7.85. The quantitative estimate of drug-likeness (QED) is 0.153. The van der Waals surface area contributed by atoms with Gasteiger partial charge in [-0.1, -0.05) is 115 Å². The second-order valence-electron chi connectivity index (χ2n) is 11.7. The maximum Gasteiger partial charge on any atom is 0.228 e. The second kappa shape index (κ2) is 14.5. The molecule has 0 bridgehead atoms. The number of carbonyl (C=O) groups is 2. The molecule has 0 aliphatic carbocycles. The first-order valence-electron chi connectivity index (χ1n) is 15.8. The van der Waals surface area contributed by atoms with Crippen LogP contribution in [0, 0.1) is 5.92 Å². The average Bonchev–Trinajstić information content (AvgIpc) is 3.11. The summed E-state index contributed by atoms with van der Waals surface area (Å²) in [7, 11) is 0. The van der Waals surface area contributed by atoms with Gasteiger partial charge in [0.05, 0.1) is 5.92 Å². The van der Waals surface area contributed by atoms with Crippen molar-refractivity contribution in [3.63, 3.8) is 0 Å². The largest absolute Gasteiger partial charge is 0.381 e. The van der Waals surface area contributed by atoms with E-state index in [-0.39, 0.29) is 23.5 Å². The highest BCUT2D eigenvalue weighted by atomic mass is 16.2. The lowest BCUT2D eigenvalue weighted by atomic mass is 9.79. The number of anilines is 2. The lowest BCUT2D eigenvalue weighted by Gasteiger charge is -2.37. The molecule has 5 nitrogen and oxygen atoms in total. The number of nitrogens with one attached hydrogen (secondary N) is 2. The number of carbonyl (C=O) groups excluding carboxylic acids is 2. The van der Waals surface area contributed by atoms with E-state index in [1.165, 1.54) is 5.69 Å². The summed E-state index contributed by atoms with van der Waals surface area (Å²) in [4.78, 5) is 29.1. The number of rotatable bonds is 11. The van der Waals surface area contributed by atoms with Crippen molar-refractivity contribution in [2.24, 2.45) is 5.92 Å². The van der Waals surface area contributed by atoms with Crippen LogP contribution in [0.4, 0.5) is 11.4 Å². The van der Waals surface area contributed by atoms with Gasteiger partial charge in [-0.05, 0) is 59.7 Å². The molecule has 1 heterocycles. The Morgan fingerprint density at radius 2 is 1.27 bits per heavy atom. The summed E-state index contributed by atoms with van der Waals surface area (Å²) in [5.74, 6) is 0.250. The molecule has 1 unspecified atom stereocenters. The number of benzene rings is 5. The monoisotopic (exact) mass is 593 g/mol. The smallest absolute Gasteiger partial charge is 0.228 e. The lowest BCUT2D eigenvalue weighted by molar-refractivity contribution is -0.124. The average molecular weight is 594 g/mol. The molecule has 6 rings (SSSR count). The molecule has 1 aliphatic heterocycles. The third-order valence-electron chi connectivity index (χ3n) is 8.78. The van der Waals surface area contributed by atoms with E-state index in [4.69, 9.17) is 0 Å². The normalized spacial score (nSPS) is 14.0. The molecule has 0 radical (unpaired) electrons. The van der Waals surface area contributed by atoms with E-state index >= 15 is 0 Å². The van der Waals surface area contributed by atoms with Crippen molar-refractivity contribution in [1.82, 2.24) is 5.32 Å². The predicted molar refractivity (Wildman–Crippen MR) is 182 cm³/mol. The molecule has 1 saturated heterocycles. The Hall–Kier alpha value is -5.16. The molecule has 0 saturated carbocycles. The Balaban J connectivity index is 1.06. The molecular weight excluding hydrogens is 554 g/mol. The number of ketones is 1. The Morgan fingerprint density at radius 1 is 0.667 bits per heavy atom. The van der Waals surface area contributed by atoms with E-state index in [0.717, 1.165) is 53.9 Å². The molecule has 5 heteroatoms. The molecule has 1 amide bonds. The van der Waals surface area contributed by atoms with Gasteiger partial charge in [0.1, 0.15) is 0 Å². The maximum atomic E-state index is 13.5. The zero-order valence-electron chi connectivity index (χ0n) is 25.4. The molecule has 0 aromatic heterocycles. The third kappa shape index (κ3) is 7.50. The van der Waals surface area contributed by atoms with Gasteiger partial charge in [0.2, 0.25) is 5.91 Å². The number of hydrogen-bond donors (Lipinski definition) is 2. The summed E-state index contributed by atoms with van der Waals surface area (Å²) in [6, 6.07) is 46.0. The third-order valence-corrected chi connectivity index (χ3v) is 8.78. The molecule has 0 spiro atoms. The molecule has 5 aromatic carbocycles. The fraction of sp³-hybridized carbons (Fsp3) is 0.200. The van der Waals surface area contributed by atoms with Crippen LogP contribution in [-0.4, -0.2) is 24.8 Å². The zero-order chi connectivity index (χ0) is 30.8. The minimum absolute atomic E-state index is 0.0370. The highest BCUT2D eigenvalue weighted by Crippen LogP contribution is 2.35. The summed E-state index contributed by atoms with van der Waals surface area (Å²) in [5, 5.41) is 6.71. The van der Waals surface area contributed by atoms with Gasteiger partial charge in [-0.2, -0.15) is 0 Å². The molecule has 2 N–H and O–H groups in total. The molecule has 5 aromatic rings. The Bertz CT molecular complexity index is 1680. The van der Waals surface area contributed by atoms with E-state index in [0.29, 0.717) is 18.7 Å². The Labute approximate surface area is 265 Å². The van der Waals surface area contributed by atoms with Crippen molar-refractivity contribution in [1.29, 1.82) is 0 Å². The summed E-state index contributed by atoms with van der Waals surface area (Å²) in [6.45, 7) is 2.91. The van der Waals surface area contributed by atoms with Crippen molar-refractivity contribution < 1.29 is 9.59 Å². The summed E-state index contributed by atoms with van der Waals surface area (Å²) in [6.07, 6.45) is 1.90. The van der Waals surface area contributed by atoms with E-state index in [1.807, 2.05) is 103 Å². The van der Waals surface area contributed by atoms with Gasteiger partial charge in [0.15, 0.2) is 5.78 Å². The second-order valence-corrected chi connectivity index (χ2v) is 11.7. The number of piperidine rings is 1. The van der Waals surface area contributed by atoms with Crippen LogP contribution in [0.15, 0.2) is 140 Å². The van der Waals surface area contributed by atoms with Crippen molar-refractivity contribution >= 4 is 23.1 Å². The van der Waals surface area contributed by atoms with Gasteiger partial charge in [-0.15, -0.1) is 0 Å². The van der Waals surface area contributed by atoms with Gasteiger partial charge >= 0.3 is 0 Å². The van der Waals surface area contributed by atoms with Crippen LogP contribution in [0.5, 0.6) is 0 Å². The van der Waals surface area contributed by atoms with Gasteiger partial charge in [0, 0.05) is 48.7 Å². The maximum absolute atomic E-state index is 13.5. The summed E-state index contributed by atoms with van der Waals surface area (Å²) < 4.78 is 0. The first-order valence-corrected chi connectivity index (χ1v) is 15.8. The van der Waals surface area contributed by atoms with Crippen molar-refractivity contribution in [2.75, 3.05) is 23.3 Å². The SMILES string of the molecule is O=C(c1ccccc1)c1ccccc1CNc1ccc(N2CCC(C(C(=O)NCc3ccccc3)c3ccccc3)CC2)cc1. The van der Waals surface area contributed by atoms with Crippen LogP contribution < -0.4 is 15.5 Å². The van der Waals surface area contributed by atoms with Gasteiger partial charge in [-0.25, -0.2) is 0 Å². The van der Waals surface area contributed by atoms with Crippen LogP contribution in [0.2, 0.25) is 0 Å². The van der Waals surface area contributed by atoms with E-state index in [9.17, 15) is 9.59 Å². The van der Waals surface area contributed by atoms with Gasteiger partial charge in [0.25, 0.3) is 0 Å². The number of amides is 1. The van der Waals surface area contributed by atoms with Crippen molar-refractivity contribution in [3.05, 3.63) is 167 Å². The van der Waals surface area contributed by atoms with Gasteiger partial charge < -0.3 is 15.5 Å². The minimum Gasteiger partial charge on any atom is -0.381 e. The number of hydrogen-bond acceptors (Lipinski definition) is 4. The zero-order valence-corrected chi connectivity index (χ0v) is 25.4. The van der Waals surface area contributed by atoms with Crippen LogP contribution in [0.3, 0.4) is 0 Å². The fourth-order valence-corrected chi connectivity index (χ4v) is 6.31. The topological polar surface area (TPSA) is 61.4 Å².